The lowest BCUT2D eigenvalue weighted by molar-refractivity contribution is 0.414. The Kier molecular flexibility index (Phi) is 5.57. The van der Waals surface area contributed by atoms with E-state index >= 15 is 0 Å². The molecule has 1 aromatic heterocycles. The number of fused-ring (bicyclic) bond motifs is 1. The first-order valence-electron chi connectivity index (χ1n) is 9.37. The van der Waals surface area contributed by atoms with Gasteiger partial charge in [-0.2, -0.15) is 0 Å². The first-order chi connectivity index (χ1) is 14.8. The van der Waals surface area contributed by atoms with E-state index in [4.69, 9.17) is 4.74 Å². The highest BCUT2D eigenvalue weighted by Gasteiger charge is 2.29. The molecular weight excluding hydrogens is 436 g/mol. The van der Waals surface area contributed by atoms with Gasteiger partial charge in [-0.05, 0) is 42.0 Å². The van der Waals surface area contributed by atoms with E-state index in [2.05, 4.69) is 4.72 Å². The minimum atomic E-state index is -4.16. The molecule has 0 unspecified atom stereocenters. The number of nitrogens with zero attached hydrogens (tertiary/aromatic N) is 1. The number of para-hydroxylation sites is 1. The summed E-state index contributed by atoms with van der Waals surface area (Å²) in [4.78, 5) is 0.00274. The molecule has 0 radical (unpaired) electrons. The second kappa shape index (κ2) is 8.18. The number of sulfonamides is 1. The van der Waals surface area contributed by atoms with Gasteiger partial charge < -0.3 is 4.74 Å². The highest BCUT2D eigenvalue weighted by Crippen LogP contribution is 2.28. The first kappa shape index (κ1) is 21.1. The van der Waals surface area contributed by atoms with Crippen LogP contribution in [-0.4, -0.2) is 27.9 Å². The van der Waals surface area contributed by atoms with Crippen molar-refractivity contribution in [2.45, 2.75) is 16.5 Å². The number of rotatable bonds is 7. The van der Waals surface area contributed by atoms with Gasteiger partial charge in [-0.15, -0.1) is 0 Å². The molecule has 0 saturated heterocycles. The van der Waals surface area contributed by atoms with Gasteiger partial charge in [0, 0.05) is 11.9 Å². The zero-order chi connectivity index (χ0) is 22.1. The Bertz CT molecular complexity index is 1430. The predicted molar refractivity (Wildman–Crippen MR) is 118 cm³/mol. The summed E-state index contributed by atoms with van der Waals surface area (Å²) in [6.07, 6.45) is 0. The van der Waals surface area contributed by atoms with Gasteiger partial charge in [0.05, 0.1) is 17.5 Å². The van der Waals surface area contributed by atoms with E-state index in [-0.39, 0.29) is 22.0 Å². The second-order valence-corrected chi connectivity index (χ2v) is 10.3. The number of hydrogen-bond acceptors (Lipinski definition) is 5. The van der Waals surface area contributed by atoms with E-state index in [0.29, 0.717) is 16.7 Å². The number of hydrogen-bond donors (Lipinski definition) is 1. The monoisotopic (exact) mass is 456 g/mol. The van der Waals surface area contributed by atoms with Crippen molar-refractivity contribution < 1.29 is 21.6 Å². The molecule has 0 spiro atoms. The SMILES string of the molecule is COc1ccc(CNS(=O)(=O)c2cc3ccccc3n2S(=O)(=O)c2ccccc2)cc1. The molecule has 0 saturated carbocycles. The topological polar surface area (TPSA) is 94.5 Å². The average Bonchev–Trinajstić information content (AvgIpc) is 3.20. The summed E-state index contributed by atoms with van der Waals surface area (Å²) >= 11 is 0. The average molecular weight is 457 g/mol. The van der Waals surface area contributed by atoms with E-state index in [1.807, 2.05) is 0 Å². The highest BCUT2D eigenvalue weighted by molar-refractivity contribution is 7.92. The molecule has 0 aliphatic heterocycles. The summed E-state index contributed by atoms with van der Waals surface area (Å²) in [6, 6.07) is 22.7. The minimum absolute atomic E-state index is 0.000756. The molecule has 160 valence electrons. The van der Waals surface area contributed by atoms with Crippen LogP contribution in [0.5, 0.6) is 5.75 Å². The van der Waals surface area contributed by atoms with Crippen molar-refractivity contribution >= 4 is 30.9 Å². The van der Waals surface area contributed by atoms with Crippen molar-refractivity contribution in [2.24, 2.45) is 0 Å². The summed E-state index contributed by atoms with van der Waals surface area (Å²) in [6.45, 7) is -0.000756. The fourth-order valence-electron chi connectivity index (χ4n) is 3.23. The molecule has 31 heavy (non-hydrogen) atoms. The minimum Gasteiger partial charge on any atom is -0.497 e. The Hall–Kier alpha value is -3.14. The Labute approximate surface area is 181 Å². The molecule has 0 atom stereocenters. The van der Waals surface area contributed by atoms with Gasteiger partial charge in [-0.25, -0.2) is 25.5 Å². The summed E-state index contributed by atoms with van der Waals surface area (Å²) in [7, 11) is -6.76. The lowest BCUT2D eigenvalue weighted by Gasteiger charge is -2.13. The zero-order valence-electron chi connectivity index (χ0n) is 16.6. The third kappa shape index (κ3) is 4.07. The van der Waals surface area contributed by atoms with Crippen LogP contribution in [0.15, 0.2) is 94.9 Å². The third-order valence-corrected chi connectivity index (χ3v) is 8.05. The molecule has 0 bridgehead atoms. The maximum atomic E-state index is 13.4. The van der Waals surface area contributed by atoms with Crippen LogP contribution in [0, 0.1) is 0 Å². The van der Waals surface area contributed by atoms with Gasteiger partial charge in [-0.1, -0.05) is 48.5 Å². The first-order valence-corrected chi connectivity index (χ1v) is 12.3. The normalized spacial score (nSPS) is 12.2. The number of aromatic nitrogens is 1. The van der Waals surface area contributed by atoms with Gasteiger partial charge >= 0.3 is 0 Å². The Morgan fingerprint density at radius 1 is 0.839 bits per heavy atom. The second-order valence-electron chi connectivity index (χ2n) is 6.80. The van der Waals surface area contributed by atoms with Crippen molar-refractivity contribution in [1.82, 2.24) is 8.69 Å². The molecule has 0 aliphatic carbocycles. The molecule has 4 rings (SSSR count). The maximum Gasteiger partial charge on any atom is 0.269 e. The fourth-order valence-corrected chi connectivity index (χ4v) is 6.35. The molecular formula is C22H20N2O5S2. The third-order valence-electron chi connectivity index (χ3n) is 4.82. The van der Waals surface area contributed by atoms with Crippen LogP contribution in [0.4, 0.5) is 0 Å². The maximum absolute atomic E-state index is 13.4. The predicted octanol–water partition coefficient (Wildman–Crippen LogP) is 3.37. The largest absolute Gasteiger partial charge is 0.497 e. The number of benzene rings is 3. The van der Waals surface area contributed by atoms with Crippen LogP contribution in [0.3, 0.4) is 0 Å². The molecule has 4 aromatic rings. The van der Waals surface area contributed by atoms with Crippen LogP contribution < -0.4 is 9.46 Å². The Morgan fingerprint density at radius 2 is 1.48 bits per heavy atom. The van der Waals surface area contributed by atoms with Crippen molar-refractivity contribution in [3.63, 3.8) is 0 Å². The summed E-state index contributed by atoms with van der Waals surface area (Å²) in [5.41, 5.74) is 0.995. The van der Waals surface area contributed by atoms with E-state index in [0.717, 1.165) is 3.97 Å². The molecule has 1 heterocycles. The van der Waals surface area contributed by atoms with Crippen molar-refractivity contribution in [3.8, 4) is 5.75 Å². The zero-order valence-corrected chi connectivity index (χ0v) is 18.2. The smallest absolute Gasteiger partial charge is 0.269 e. The number of nitrogens with one attached hydrogen (secondary N) is 1. The van der Waals surface area contributed by atoms with Gasteiger partial charge in [-0.3, -0.25) is 0 Å². The molecule has 0 amide bonds. The molecule has 7 nitrogen and oxygen atoms in total. The fraction of sp³-hybridized carbons (Fsp3) is 0.0909. The van der Waals surface area contributed by atoms with Crippen LogP contribution in [0.1, 0.15) is 5.56 Å². The summed E-state index contributed by atoms with van der Waals surface area (Å²) in [5, 5.41) is 0.165. The summed E-state index contributed by atoms with van der Waals surface area (Å²) < 4.78 is 61.6. The van der Waals surface area contributed by atoms with Crippen LogP contribution in [0.2, 0.25) is 0 Å². The van der Waals surface area contributed by atoms with E-state index in [1.165, 1.54) is 18.2 Å². The van der Waals surface area contributed by atoms with Crippen molar-refractivity contribution in [3.05, 3.63) is 90.5 Å². The quantitative estimate of drug-likeness (QED) is 0.460. The Balaban J connectivity index is 1.79. The van der Waals surface area contributed by atoms with Gasteiger partial charge in [0.25, 0.3) is 20.0 Å². The molecule has 3 aromatic carbocycles. The van der Waals surface area contributed by atoms with Crippen LogP contribution in [0.25, 0.3) is 10.9 Å². The van der Waals surface area contributed by atoms with Gasteiger partial charge in [0.15, 0.2) is 5.03 Å². The Morgan fingerprint density at radius 3 is 2.16 bits per heavy atom. The number of ether oxygens (including phenoxy) is 1. The highest BCUT2D eigenvalue weighted by atomic mass is 32.2. The van der Waals surface area contributed by atoms with Crippen molar-refractivity contribution in [1.29, 1.82) is 0 Å². The summed E-state index contributed by atoms with van der Waals surface area (Å²) in [5.74, 6) is 0.653. The standard InChI is InChI=1S/C22H20N2O5S2/c1-29-19-13-11-17(12-14-19)16-23-30(25,26)22-15-18-7-5-6-10-21(18)24(22)31(27,28)20-8-3-2-4-9-20/h2-15,23H,16H2,1H3. The van der Waals surface area contributed by atoms with Crippen LogP contribution in [-0.2, 0) is 26.6 Å². The molecule has 0 fully saturated rings. The molecule has 0 aliphatic rings. The van der Waals surface area contributed by atoms with E-state index in [9.17, 15) is 16.8 Å². The van der Waals surface area contributed by atoms with Gasteiger partial charge in [0.2, 0.25) is 0 Å². The van der Waals surface area contributed by atoms with E-state index in [1.54, 1.807) is 73.8 Å². The number of methoxy groups -OCH3 is 1. The van der Waals surface area contributed by atoms with Gasteiger partial charge in [0.1, 0.15) is 5.75 Å². The molecule has 9 heteroatoms. The lowest BCUT2D eigenvalue weighted by atomic mass is 10.2. The molecule has 1 N–H and O–H groups in total. The van der Waals surface area contributed by atoms with Crippen LogP contribution >= 0.6 is 0 Å². The van der Waals surface area contributed by atoms with Crippen molar-refractivity contribution in [2.75, 3.05) is 7.11 Å². The lowest BCUT2D eigenvalue weighted by Crippen LogP contribution is -2.27. The van der Waals surface area contributed by atoms with E-state index < -0.39 is 20.0 Å².